The second kappa shape index (κ2) is 12.8. The fourth-order valence-electron chi connectivity index (χ4n) is 6.47. The number of halogens is 3. The van der Waals surface area contributed by atoms with Crippen LogP contribution in [0.1, 0.15) is 66.2 Å². The molecule has 2 aromatic heterocycles. The molecule has 0 spiro atoms. The van der Waals surface area contributed by atoms with Crippen LogP contribution in [0.15, 0.2) is 48.8 Å². The quantitative estimate of drug-likeness (QED) is 0.223. The number of carbonyl (C=O) groups excluding carboxylic acids is 1. The summed E-state index contributed by atoms with van der Waals surface area (Å²) in [7, 11) is 1.80. The Kier molecular flexibility index (Phi) is 8.76. The summed E-state index contributed by atoms with van der Waals surface area (Å²) < 4.78 is 45.3. The monoisotopic (exact) mass is 642 g/mol. The Bertz CT molecular complexity index is 1860. The number of piperidine rings is 1. The highest BCUT2D eigenvalue weighted by Gasteiger charge is 2.41. The van der Waals surface area contributed by atoms with Gasteiger partial charge in [-0.05, 0) is 89.9 Å². The maximum absolute atomic E-state index is 14.5. The molecular weight excluding hydrogens is 605 g/mol. The van der Waals surface area contributed by atoms with Crippen LogP contribution in [0.2, 0.25) is 0 Å². The number of anilines is 2. The molecule has 1 fully saturated rings. The van der Waals surface area contributed by atoms with Gasteiger partial charge in [-0.15, -0.1) is 10.2 Å². The summed E-state index contributed by atoms with van der Waals surface area (Å²) in [4.78, 5) is 22.2. The summed E-state index contributed by atoms with van der Waals surface area (Å²) in [5.41, 5.74) is 2.14. The number of hydrogen-bond donors (Lipinski definition) is 1. The van der Waals surface area contributed by atoms with E-state index in [2.05, 4.69) is 33.4 Å². The molecule has 1 atom stereocenters. The topological polar surface area (TPSA) is 103 Å². The minimum absolute atomic E-state index is 0.0414. The van der Waals surface area contributed by atoms with Gasteiger partial charge in [-0.25, -0.2) is 4.98 Å². The molecule has 0 radical (unpaired) electrons. The Morgan fingerprint density at radius 3 is 2.60 bits per heavy atom. The van der Waals surface area contributed by atoms with Crippen molar-refractivity contribution in [2.45, 2.75) is 52.9 Å². The molecule has 2 aliphatic heterocycles. The van der Waals surface area contributed by atoms with Crippen LogP contribution in [-0.4, -0.2) is 50.2 Å². The number of alkyl halides is 3. The van der Waals surface area contributed by atoms with E-state index >= 15 is 0 Å². The van der Waals surface area contributed by atoms with Crippen molar-refractivity contribution in [1.82, 2.24) is 24.6 Å². The van der Waals surface area contributed by atoms with E-state index in [-0.39, 0.29) is 29.4 Å². The van der Waals surface area contributed by atoms with Crippen LogP contribution >= 0.6 is 0 Å². The second-order valence-electron chi connectivity index (χ2n) is 13.1. The molecule has 2 aromatic carbocycles. The lowest BCUT2D eigenvalue weighted by Crippen LogP contribution is -2.33. The third-order valence-electron chi connectivity index (χ3n) is 8.75. The van der Waals surface area contributed by atoms with Gasteiger partial charge >= 0.3 is 6.18 Å². The highest BCUT2D eigenvalue weighted by molar-refractivity contribution is 6.10. The summed E-state index contributed by atoms with van der Waals surface area (Å²) in [6.45, 7) is 8.56. The average molecular weight is 643 g/mol. The highest BCUT2D eigenvalue weighted by Crippen LogP contribution is 2.41. The third-order valence-corrected chi connectivity index (χ3v) is 8.75. The number of carbonyl (C=O) groups is 1. The number of aryl methyl sites for hydroxylation is 1. The molecule has 1 amide bonds. The summed E-state index contributed by atoms with van der Waals surface area (Å²) in [6.07, 6.45) is -0.967. The molecular formula is C35H37F3N8O. The number of nitrogens with zero attached hydrogens (tertiary/aromatic N) is 7. The zero-order chi connectivity index (χ0) is 33.5. The molecule has 0 saturated carbocycles. The van der Waals surface area contributed by atoms with Crippen LogP contribution in [0.5, 0.6) is 0 Å². The number of nitriles is 1. The van der Waals surface area contributed by atoms with Crippen molar-refractivity contribution in [3.8, 4) is 28.6 Å². The number of hydrogen-bond acceptors (Lipinski definition) is 7. The molecule has 1 N–H and O–H groups in total. The molecule has 0 aliphatic carbocycles. The summed E-state index contributed by atoms with van der Waals surface area (Å²) in [6, 6.07) is 13.7. The van der Waals surface area contributed by atoms with Gasteiger partial charge in [-0.1, -0.05) is 26.8 Å². The van der Waals surface area contributed by atoms with Crippen molar-refractivity contribution in [2.75, 3.05) is 29.9 Å². The first-order chi connectivity index (χ1) is 22.4. The van der Waals surface area contributed by atoms with E-state index in [4.69, 9.17) is 4.98 Å². The second-order valence-corrected chi connectivity index (χ2v) is 13.1. The lowest BCUT2D eigenvalue weighted by molar-refractivity contribution is -0.138. The average Bonchev–Trinajstić information content (AvgIpc) is 3.61. The molecule has 12 heteroatoms. The van der Waals surface area contributed by atoms with Gasteiger partial charge in [0.2, 0.25) is 0 Å². The summed E-state index contributed by atoms with van der Waals surface area (Å²) in [5.74, 6) is 1.46. The molecule has 244 valence electrons. The van der Waals surface area contributed by atoms with E-state index in [0.717, 1.165) is 25.9 Å². The highest BCUT2D eigenvalue weighted by atomic mass is 19.4. The Hall–Kier alpha value is -4.76. The molecule has 47 heavy (non-hydrogen) atoms. The number of likely N-dealkylation sites (tertiary alicyclic amines) is 1. The van der Waals surface area contributed by atoms with Crippen molar-refractivity contribution < 1.29 is 18.0 Å². The minimum atomic E-state index is -4.63. The van der Waals surface area contributed by atoms with E-state index < -0.39 is 17.6 Å². The van der Waals surface area contributed by atoms with Crippen LogP contribution in [0.4, 0.5) is 24.8 Å². The molecule has 2 aliphatic rings. The predicted molar refractivity (Wildman–Crippen MR) is 173 cm³/mol. The summed E-state index contributed by atoms with van der Waals surface area (Å²) >= 11 is 0. The van der Waals surface area contributed by atoms with Gasteiger partial charge in [0, 0.05) is 37.8 Å². The first kappa shape index (κ1) is 32.2. The zero-order valence-corrected chi connectivity index (χ0v) is 26.9. The number of fused-ring (bicyclic) bond motifs is 1. The van der Waals surface area contributed by atoms with Gasteiger partial charge in [-0.2, -0.15) is 18.4 Å². The Morgan fingerprint density at radius 1 is 1.11 bits per heavy atom. The van der Waals surface area contributed by atoms with Gasteiger partial charge < -0.3 is 9.88 Å². The first-order valence-electron chi connectivity index (χ1n) is 15.8. The number of benzene rings is 2. The fraction of sp³-hybridized carbons (Fsp3) is 0.400. The molecule has 4 aromatic rings. The zero-order valence-electron chi connectivity index (χ0n) is 26.9. The Balaban J connectivity index is 1.43. The fourth-order valence-corrected chi connectivity index (χ4v) is 6.47. The summed E-state index contributed by atoms with van der Waals surface area (Å²) in [5, 5.41) is 21.2. The van der Waals surface area contributed by atoms with Gasteiger partial charge in [-0.3, -0.25) is 14.6 Å². The number of pyridine rings is 1. The van der Waals surface area contributed by atoms with Crippen molar-refractivity contribution in [3.63, 3.8) is 0 Å². The van der Waals surface area contributed by atoms with Crippen LogP contribution in [0.3, 0.4) is 0 Å². The van der Waals surface area contributed by atoms with Crippen molar-refractivity contribution in [2.24, 2.45) is 18.9 Å². The third kappa shape index (κ3) is 6.72. The molecule has 0 unspecified atom stereocenters. The number of nitrogens with one attached hydrogen (secondary N) is 1. The van der Waals surface area contributed by atoms with Crippen LogP contribution in [0, 0.1) is 23.2 Å². The van der Waals surface area contributed by atoms with E-state index in [0.29, 0.717) is 58.5 Å². The predicted octanol–water partition coefficient (Wildman–Crippen LogP) is 6.89. The molecule has 9 nitrogen and oxygen atoms in total. The normalized spacial score (nSPS) is 16.9. The van der Waals surface area contributed by atoms with E-state index in [9.17, 15) is 23.2 Å². The molecule has 1 saturated heterocycles. The molecule has 6 rings (SSSR count). The Labute approximate surface area is 272 Å². The Morgan fingerprint density at radius 2 is 1.91 bits per heavy atom. The van der Waals surface area contributed by atoms with E-state index in [1.807, 2.05) is 19.9 Å². The van der Waals surface area contributed by atoms with Crippen LogP contribution in [0.25, 0.3) is 22.5 Å². The lowest BCUT2D eigenvalue weighted by Gasteiger charge is -2.31. The van der Waals surface area contributed by atoms with Gasteiger partial charge in [0.05, 0.1) is 23.7 Å². The smallest absolute Gasteiger partial charge is 0.370 e. The largest absolute Gasteiger partial charge is 0.416 e. The van der Waals surface area contributed by atoms with Crippen LogP contribution < -0.4 is 10.2 Å². The molecule has 4 heterocycles. The minimum Gasteiger partial charge on any atom is -0.370 e. The maximum Gasteiger partial charge on any atom is 0.416 e. The SMILES string of the molecule is CC(C)CNc1cc(-c2ccc(C#N)cc2-c2nncn2C)cc(N2Cc3c(cc(CN4CCC[C@@H](C)C4)cc3C(F)(F)F)C2=O)n1. The maximum atomic E-state index is 14.5. The van der Waals surface area contributed by atoms with Crippen molar-refractivity contribution in [1.29, 1.82) is 5.26 Å². The first-order valence-corrected chi connectivity index (χ1v) is 15.8. The lowest BCUT2D eigenvalue weighted by atomic mass is 9.96. The van der Waals surface area contributed by atoms with Gasteiger partial charge in [0.1, 0.15) is 18.0 Å². The van der Waals surface area contributed by atoms with Gasteiger partial charge in [0.25, 0.3) is 5.91 Å². The van der Waals surface area contributed by atoms with Crippen molar-refractivity contribution >= 4 is 17.5 Å². The van der Waals surface area contributed by atoms with Gasteiger partial charge in [0.15, 0.2) is 5.82 Å². The standard InChI is InChI=1S/C35H37F3N8O/c1-21(2)16-40-31-13-25(26-8-7-23(15-39)10-27(26)33-43-41-20-44(33)4)14-32(42-31)46-19-29-28(34(46)47)11-24(12-30(29)35(36,37)38)18-45-9-5-6-22(3)17-45/h7-8,10-14,20-22H,5-6,9,16-19H2,1-4H3,(H,40,42)/t22-/m1/s1. The number of aromatic nitrogens is 4. The van der Waals surface area contributed by atoms with E-state index in [1.165, 1.54) is 11.0 Å². The number of rotatable bonds is 8. The molecule has 0 bridgehead atoms. The van der Waals surface area contributed by atoms with E-state index in [1.54, 1.807) is 48.3 Å². The van der Waals surface area contributed by atoms with Crippen LogP contribution in [-0.2, 0) is 26.3 Å². The number of amides is 1. The van der Waals surface area contributed by atoms with Crippen molar-refractivity contribution in [3.05, 3.63) is 76.6 Å².